The van der Waals surface area contributed by atoms with Crippen LogP contribution in [0.1, 0.15) is 0 Å². The van der Waals surface area contributed by atoms with Gasteiger partial charge in [0.25, 0.3) is 0 Å². The first-order chi connectivity index (χ1) is 30.7. The molecule has 0 unspecified atom stereocenters. The Morgan fingerprint density at radius 3 is 0.919 bits per heavy atom. The maximum atomic E-state index is 7.78. The number of aromatic nitrogens is 6. The molecule has 0 aliphatic carbocycles. The van der Waals surface area contributed by atoms with Gasteiger partial charge in [0.1, 0.15) is 0 Å². The van der Waals surface area contributed by atoms with Crippen LogP contribution in [0.15, 0.2) is 212 Å². The van der Waals surface area contributed by atoms with E-state index in [0.717, 1.165) is 66.8 Å². The van der Waals surface area contributed by atoms with Gasteiger partial charge in [-0.2, -0.15) is 0 Å². The lowest BCUT2D eigenvalue weighted by molar-refractivity contribution is 1.07. The SMILES string of the molecule is [C-]#[N+]c1cccc(-c2ccc(-c3nc(-c4ccccc4)nc(-c4ccccc4)n3)c(-c3cc(-c4ccccc4)ccc3-c3nc(-c4ccccc4)nc(-c4ccccc4)n3)c2)c1. The number of nitrogens with zero attached hydrogens (tertiary/aromatic N) is 7. The first-order valence-electron chi connectivity index (χ1n) is 20.2. The Bertz CT molecular complexity index is 3110. The van der Waals surface area contributed by atoms with E-state index in [4.69, 9.17) is 36.5 Å². The van der Waals surface area contributed by atoms with E-state index in [9.17, 15) is 0 Å². The van der Waals surface area contributed by atoms with Crippen LogP contribution in [0, 0.1) is 6.57 Å². The highest BCUT2D eigenvalue weighted by Gasteiger charge is 2.22. The summed E-state index contributed by atoms with van der Waals surface area (Å²) in [5, 5.41) is 0. The van der Waals surface area contributed by atoms with E-state index in [1.807, 2.05) is 164 Å². The van der Waals surface area contributed by atoms with Crippen molar-refractivity contribution in [2.45, 2.75) is 0 Å². The largest absolute Gasteiger partial charge is 0.238 e. The summed E-state index contributed by atoms with van der Waals surface area (Å²) in [5.41, 5.74) is 11.3. The summed E-state index contributed by atoms with van der Waals surface area (Å²) < 4.78 is 0. The molecule has 0 radical (unpaired) electrons. The van der Waals surface area contributed by atoms with Crippen LogP contribution in [-0.2, 0) is 0 Å². The summed E-state index contributed by atoms with van der Waals surface area (Å²) in [5.74, 6) is 3.28. The summed E-state index contributed by atoms with van der Waals surface area (Å²) in [6.07, 6.45) is 0. The van der Waals surface area contributed by atoms with Gasteiger partial charge in [0, 0.05) is 33.4 Å². The van der Waals surface area contributed by atoms with Gasteiger partial charge in [-0.3, -0.25) is 0 Å². The van der Waals surface area contributed by atoms with E-state index in [2.05, 4.69) is 53.4 Å². The standard InChI is InChI=1S/C55H35N7/c1-56-45-29-17-28-42(34-45)44-31-33-47(55-61-52(40-24-13-5-14-25-40)58-53(62-55)41-26-15-6-16-27-41)49(36-44)48-35-43(37-18-7-2-8-19-37)30-32-46(48)54-59-50(38-20-9-3-10-21-38)57-51(60-54)39-22-11-4-12-23-39/h2-36H. The third-order valence-corrected chi connectivity index (χ3v) is 10.6. The third-order valence-electron chi connectivity index (χ3n) is 10.6. The summed E-state index contributed by atoms with van der Waals surface area (Å²) in [4.78, 5) is 34.6. The molecule has 10 aromatic rings. The van der Waals surface area contributed by atoms with Crippen LogP contribution in [0.5, 0.6) is 0 Å². The van der Waals surface area contributed by atoms with Crippen molar-refractivity contribution < 1.29 is 0 Å². The zero-order valence-corrected chi connectivity index (χ0v) is 33.3. The summed E-state index contributed by atoms with van der Waals surface area (Å²) in [6, 6.07) is 70.7. The Hall–Kier alpha value is -8.73. The molecule has 0 bridgehead atoms. The average molecular weight is 794 g/mol. The van der Waals surface area contributed by atoms with Gasteiger partial charge in [0.05, 0.1) is 6.57 Å². The van der Waals surface area contributed by atoms with Crippen LogP contribution in [0.3, 0.4) is 0 Å². The molecule has 2 heterocycles. The lowest BCUT2D eigenvalue weighted by Crippen LogP contribution is -2.03. The number of rotatable bonds is 9. The maximum Gasteiger partial charge on any atom is 0.187 e. The van der Waals surface area contributed by atoms with Crippen LogP contribution >= 0.6 is 0 Å². The van der Waals surface area contributed by atoms with Gasteiger partial charge >= 0.3 is 0 Å². The molecule has 0 saturated carbocycles. The van der Waals surface area contributed by atoms with Crippen LogP contribution in [0.2, 0.25) is 0 Å². The first-order valence-corrected chi connectivity index (χ1v) is 20.2. The van der Waals surface area contributed by atoms with Gasteiger partial charge in [0.15, 0.2) is 40.6 Å². The lowest BCUT2D eigenvalue weighted by Gasteiger charge is -2.18. The highest BCUT2D eigenvalue weighted by atomic mass is 15.0. The van der Waals surface area contributed by atoms with Crippen LogP contribution < -0.4 is 0 Å². The Kier molecular flexibility index (Phi) is 10.2. The molecule has 0 saturated heterocycles. The van der Waals surface area contributed by atoms with Gasteiger partial charge in [-0.1, -0.05) is 182 Å². The molecule has 8 aromatic carbocycles. The molecule has 0 aliphatic rings. The van der Waals surface area contributed by atoms with Crippen molar-refractivity contribution in [3.63, 3.8) is 0 Å². The first kappa shape index (κ1) is 37.5. The molecule has 0 amide bonds. The predicted octanol–water partition coefficient (Wildman–Crippen LogP) is 13.6. The Labute approximate surface area is 359 Å². The maximum absolute atomic E-state index is 7.78. The van der Waals surface area contributed by atoms with Gasteiger partial charge in [0.2, 0.25) is 0 Å². The normalized spacial score (nSPS) is 10.9. The van der Waals surface area contributed by atoms with Crippen molar-refractivity contribution in [1.82, 2.24) is 29.9 Å². The zero-order valence-electron chi connectivity index (χ0n) is 33.3. The van der Waals surface area contributed by atoms with E-state index >= 15 is 0 Å². The molecular weight excluding hydrogens is 759 g/mol. The van der Waals surface area contributed by atoms with Gasteiger partial charge < -0.3 is 0 Å². The Morgan fingerprint density at radius 2 is 0.548 bits per heavy atom. The molecule has 0 fully saturated rings. The minimum Gasteiger partial charge on any atom is -0.238 e. The van der Waals surface area contributed by atoms with Crippen molar-refractivity contribution >= 4 is 5.69 Å². The quantitative estimate of drug-likeness (QED) is 0.135. The molecule has 7 nitrogen and oxygen atoms in total. The monoisotopic (exact) mass is 793 g/mol. The summed E-state index contributed by atoms with van der Waals surface area (Å²) in [6.45, 7) is 7.78. The number of benzene rings is 8. The molecule has 290 valence electrons. The second-order valence-electron chi connectivity index (χ2n) is 14.6. The van der Waals surface area contributed by atoms with Crippen molar-refractivity contribution in [3.8, 4) is 102 Å². The van der Waals surface area contributed by atoms with Crippen molar-refractivity contribution in [2.24, 2.45) is 0 Å². The molecule has 7 heteroatoms. The zero-order chi connectivity index (χ0) is 41.7. The van der Waals surface area contributed by atoms with Gasteiger partial charge in [-0.25, -0.2) is 34.7 Å². The second kappa shape index (κ2) is 16.9. The second-order valence-corrected chi connectivity index (χ2v) is 14.6. The van der Waals surface area contributed by atoms with Crippen LogP contribution in [-0.4, -0.2) is 29.9 Å². The van der Waals surface area contributed by atoms with E-state index in [0.29, 0.717) is 40.6 Å². The van der Waals surface area contributed by atoms with Gasteiger partial charge in [-0.05, 0) is 63.7 Å². The predicted molar refractivity (Wildman–Crippen MR) is 248 cm³/mol. The minimum atomic E-state index is 0.510. The highest BCUT2D eigenvalue weighted by molar-refractivity contribution is 5.94. The Morgan fingerprint density at radius 1 is 0.242 bits per heavy atom. The van der Waals surface area contributed by atoms with Crippen molar-refractivity contribution in [3.05, 3.63) is 224 Å². The topological polar surface area (TPSA) is 81.7 Å². The molecule has 0 N–H and O–H groups in total. The lowest BCUT2D eigenvalue weighted by atomic mass is 9.89. The molecule has 0 aliphatic heterocycles. The van der Waals surface area contributed by atoms with Crippen LogP contribution in [0.4, 0.5) is 5.69 Å². The Balaban J connectivity index is 1.28. The van der Waals surface area contributed by atoms with E-state index < -0.39 is 0 Å². The molecule has 0 spiro atoms. The number of hydrogen-bond donors (Lipinski definition) is 0. The fraction of sp³-hybridized carbons (Fsp3) is 0. The fourth-order valence-electron chi connectivity index (χ4n) is 7.53. The van der Waals surface area contributed by atoms with E-state index in [-0.39, 0.29) is 0 Å². The van der Waals surface area contributed by atoms with E-state index in [1.54, 1.807) is 0 Å². The highest BCUT2D eigenvalue weighted by Crippen LogP contribution is 2.42. The minimum absolute atomic E-state index is 0.510. The van der Waals surface area contributed by atoms with Crippen LogP contribution in [0.25, 0.3) is 107 Å². The molecule has 2 aromatic heterocycles. The summed E-state index contributed by atoms with van der Waals surface area (Å²) >= 11 is 0. The van der Waals surface area contributed by atoms with Crippen molar-refractivity contribution in [1.29, 1.82) is 0 Å². The molecule has 0 atom stereocenters. The molecular formula is C55H35N7. The molecule has 10 rings (SSSR count). The fourth-order valence-corrected chi connectivity index (χ4v) is 7.53. The van der Waals surface area contributed by atoms with Crippen molar-refractivity contribution in [2.75, 3.05) is 0 Å². The third kappa shape index (κ3) is 7.75. The molecule has 62 heavy (non-hydrogen) atoms. The van der Waals surface area contributed by atoms with Gasteiger partial charge in [-0.15, -0.1) is 0 Å². The average Bonchev–Trinajstić information content (AvgIpc) is 3.37. The van der Waals surface area contributed by atoms with E-state index in [1.165, 1.54) is 0 Å². The smallest absolute Gasteiger partial charge is 0.187 e. The summed E-state index contributed by atoms with van der Waals surface area (Å²) in [7, 11) is 0. The number of hydrogen-bond acceptors (Lipinski definition) is 6.